The van der Waals surface area contributed by atoms with E-state index in [-0.39, 0.29) is 29.1 Å². The molecule has 0 heterocycles. The fourth-order valence-corrected chi connectivity index (χ4v) is 4.55. The van der Waals surface area contributed by atoms with Gasteiger partial charge in [-0.05, 0) is 47.9 Å². The van der Waals surface area contributed by atoms with Crippen molar-refractivity contribution >= 4 is 11.4 Å². The highest BCUT2D eigenvalue weighted by Gasteiger charge is 2.45. The van der Waals surface area contributed by atoms with Gasteiger partial charge >= 0.3 is 12.5 Å². The molecule has 0 amide bonds. The molecule has 11 heteroatoms. The number of rotatable bonds is 12. The minimum atomic E-state index is -4.90. The lowest BCUT2D eigenvalue weighted by Crippen LogP contribution is -2.49. The molecule has 0 aliphatic carbocycles. The highest BCUT2D eigenvalue weighted by Crippen LogP contribution is 2.39. The lowest BCUT2D eigenvalue weighted by Gasteiger charge is -2.36. The van der Waals surface area contributed by atoms with Crippen LogP contribution in [0, 0.1) is 11.6 Å². The predicted molar refractivity (Wildman–Crippen MR) is 128 cm³/mol. The smallest absolute Gasteiger partial charge is 0.461 e. The zero-order chi connectivity index (χ0) is 27.2. The van der Waals surface area contributed by atoms with Crippen LogP contribution < -0.4 is 14.2 Å². The van der Waals surface area contributed by atoms with Crippen molar-refractivity contribution in [1.29, 1.82) is 0 Å². The highest BCUT2D eigenvalue weighted by atomic mass is 32.2. The van der Waals surface area contributed by atoms with E-state index in [9.17, 15) is 30.9 Å². The molecule has 0 bridgehead atoms. The van der Waals surface area contributed by atoms with Crippen molar-refractivity contribution in [2.75, 3.05) is 5.75 Å². The lowest BCUT2D eigenvalue weighted by molar-refractivity contribution is -0.253. The number of ether oxygens (including phenoxy) is 2. The molecule has 0 aliphatic rings. The van der Waals surface area contributed by atoms with Crippen LogP contribution in [0.5, 0.6) is 11.5 Å². The molecule has 4 nitrogen and oxygen atoms in total. The summed E-state index contributed by atoms with van der Waals surface area (Å²) < 4.78 is 107. The van der Waals surface area contributed by atoms with Crippen LogP contribution in [0.1, 0.15) is 23.6 Å². The summed E-state index contributed by atoms with van der Waals surface area (Å²) in [6.45, 7) is 5.00. The predicted octanol–water partition coefficient (Wildman–Crippen LogP) is 6.48. The first kappa shape index (κ1) is 28.4. The van der Waals surface area contributed by atoms with Gasteiger partial charge in [-0.1, -0.05) is 43.0 Å². The minimum absolute atomic E-state index is 0.0348. The summed E-state index contributed by atoms with van der Waals surface area (Å²) in [5.41, 5.74) is -0.874. The van der Waals surface area contributed by atoms with Crippen LogP contribution in [0.15, 0.2) is 79.6 Å². The Hall–Kier alpha value is -3.15. The van der Waals surface area contributed by atoms with Crippen LogP contribution in [0.25, 0.3) is 0 Å². The molecule has 198 valence electrons. The molecule has 1 N–H and O–H groups in total. The molecule has 0 radical (unpaired) electrons. The Morgan fingerprint density at radius 2 is 1.73 bits per heavy atom. The summed E-state index contributed by atoms with van der Waals surface area (Å²) in [5, 5.41) is 0. The van der Waals surface area contributed by atoms with Crippen molar-refractivity contribution in [3.05, 3.63) is 108 Å². The summed E-state index contributed by atoms with van der Waals surface area (Å²) >= 11 is -1.76. The van der Waals surface area contributed by atoms with Gasteiger partial charge in [0, 0.05) is 23.8 Å². The maximum Gasteiger partial charge on any atom is 0.461 e. The molecular weight excluding hydrogens is 520 g/mol. The van der Waals surface area contributed by atoms with Gasteiger partial charge in [-0.2, -0.15) is 17.6 Å². The zero-order valence-electron chi connectivity index (χ0n) is 19.5. The average molecular weight is 544 g/mol. The first-order chi connectivity index (χ1) is 17.5. The van der Waals surface area contributed by atoms with Crippen molar-refractivity contribution in [2.24, 2.45) is 0 Å². The molecule has 0 fully saturated rings. The Bertz CT molecular complexity index is 1210. The molecule has 3 rings (SSSR count). The number of nitrogens with one attached hydrogen (secondary N) is 1. The summed E-state index contributed by atoms with van der Waals surface area (Å²) in [4.78, 5) is 0. The number of halogens is 6. The molecule has 3 aromatic rings. The molecule has 1 unspecified atom stereocenters. The Morgan fingerprint density at radius 1 is 1.03 bits per heavy atom. The summed E-state index contributed by atoms with van der Waals surface area (Å²) in [6.07, 6.45) is -8.12. The van der Waals surface area contributed by atoms with Gasteiger partial charge < -0.3 is 14.0 Å². The van der Waals surface area contributed by atoms with Crippen LogP contribution in [0.3, 0.4) is 0 Å². The van der Waals surface area contributed by atoms with Crippen molar-refractivity contribution in [3.8, 4) is 11.5 Å². The third kappa shape index (κ3) is 6.79. The van der Waals surface area contributed by atoms with Crippen LogP contribution in [-0.2, 0) is 23.3 Å². The van der Waals surface area contributed by atoms with Crippen molar-refractivity contribution in [3.63, 3.8) is 0 Å². The second kappa shape index (κ2) is 11.9. The van der Waals surface area contributed by atoms with Gasteiger partial charge in [0.2, 0.25) is 0 Å². The Morgan fingerprint density at radius 3 is 2.35 bits per heavy atom. The zero-order valence-corrected chi connectivity index (χ0v) is 20.3. The third-order valence-electron chi connectivity index (χ3n) is 5.37. The van der Waals surface area contributed by atoms with Gasteiger partial charge in [0.15, 0.2) is 11.6 Å². The summed E-state index contributed by atoms with van der Waals surface area (Å²) in [7, 11) is 0. The average Bonchev–Trinajstić information content (AvgIpc) is 2.84. The van der Waals surface area contributed by atoms with Crippen molar-refractivity contribution in [2.45, 2.75) is 31.4 Å². The first-order valence-electron chi connectivity index (χ1n) is 10.9. The lowest BCUT2D eigenvalue weighted by atomic mass is 9.78. The number of hydrogen-bond donors (Lipinski definition) is 1. The SMILES string of the molecule is C=COc1cc([C@@](Cc2ccccc2)(N[S+]([O-])CC)c2cc(F)cc(OC(F)(F)C(F)F)c2)ccc1F. The van der Waals surface area contributed by atoms with E-state index in [4.69, 9.17) is 4.74 Å². The Labute approximate surface area is 213 Å². The highest BCUT2D eigenvalue weighted by molar-refractivity contribution is 7.89. The molecule has 3 aromatic carbocycles. The summed E-state index contributed by atoms with van der Waals surface area (Å²) in [6, 6.07) is 14.7. The van der Waals surface area contributed by atoms with Gasteiger partial charge in [-0.3, -0.25) is 0 Å². The number of alkyl halides is 4. The molecule has 0 aromatic heterocycles. The standard InChI is InChI=1S/C26H23F6NO3S/c1-3-35-23-14-18(10-11-22(23)28)25(33-37(34)4-2,16-17-8-6-5-7-9-17)19-12-20(27)15-21(13-19)36-26(31,32)24(29)30/h3,5-15,24,33H,1,4,16H2,2H3/t25-,37?/m1/s1. The second-order valence-corrected chi connectivity index (χ2v) is 9.35. The van der Waals surface area contributed by atoms with E-state index in [0.29, 0.717) is 11.6 Å². The normalized spacial score (nSPS) is 14.2. The van der Waals surface area contributed by atoms with E-state index in [1.807, 2.05) is 0 Å². The van der Waals surface area contributed by atoms with Gasteiger partial charge in [-0.25, -0.2) is 8.78 Å². The molecule has 0 saturated carbocycles. The maximum absolute atomic E-state index is 14.8. The molecule has 2 atom stereocenters. The van der Waals surface area contributed by atoms with Crippen LogP contribution in [0.2, 0.25) is 0 Å². The van der Waals surface area contributed by atoms with Crippen molar-refractivity contribution in [1.82, 2.24) is 4.72 Å². The molecule has 0 saturated heterocycles. The van der Waals surface area contributed by atoms with E-state index in [1.165, 1.54) is 12.1 Å². The van der Waals surface area contributed by atoms with Gasteiger partial charge in [0.1, 0.15) is 22.9 Å². The topological polar surface area (TPSA) is 53.5 Å². The second-order valence-electron chi connectivity index (χ2n) is 7.87. The largest absolute Gasteiger partial charge is 0.598 e. The number of benzene rings is 3. The minimum Gasteiger partial charge on any atom is -0.598 e. The van der Waals surface area contributed by atoms with Gasteiger partial charge in [-0.15, -0.1) is 4.72 Å². The Kier molecular flexibility index (Phi) is 9.16. The Balaban J connectivity index is 2.31. The summed E-state index contributed by atoms with van der Waals surface area (Å²) in [5.74, 6) is -2.88. The molecule has 0 spiro atoms. The monoisotopic (exact) mass is 543 g/mol. The van der Waals surface area contributed by atoms with E-state index < -0.39 is 46.8 Å². The van der Waals surface area contributed by atoms with E-state index in [2.05, 4.69) is 16.0 Å². The van der Waals surface area contributed by atoms with E-state index in [1.54, 1.807) is 37.3 Å². The number of hydrogen-bond acceptors (Lipinski definition) is 4. The molecular formula is C26H23F6NO3S. The van der Waals surface area contributed by atoms with E-state index >= 15 is 0 Å². The fourth-order valence-electron chi connectivity index (χ4n) is 3.71. The van der Waals surface area contributed by atoms with Gasteiger partial charge in [0.25, 0.3) is 0 Å². The fraction of sp³-hybridized carbons (Fsp3) is 0.231. The van der Waals surface area contributed by atoms with E-state index in [0.717, 1.165) is 24.5 Å². The first-order valence-corrected chi connectivity index (χ1v) is 12.3. The maximum atomic E-state index is 14.8. The third-order valence-corrected chi connectivity index (χ3v) is 6.47. The molecule has 37 heavy (non-hydrogen) atoms. The van der Waals surface area contributed by atoms with Crippen LogP contribution >= 0.6 is 0 Å². The van der Waals surface area contributed by atoms with Crippen molar-refractivity contribution < 1.29 is 40.4 Å². The quantitative estimate of drug-likeness (QED) is 0.161. The van der Waals surface area contributed by atoms with Crippen LogP contribution in [-0.4, -0.2) is 22.8 Å². The molecule has 0 aliphatic heterocycles. The van der Waals surface area contributed by atoms with Gasteiger partial charge in [0.05, 0.1) is 6.26 Å². The van der Waals surface area contributed by atoms with Crippen LogP contribution in [0.4, 0.5) is 26.3 Å².